The number of carbonyl (C=O) groups is 1. The zero-order valence-electron chi connectivity index (χ0n) is 14.9. The molecule has 0 radical (unpaired) electrons. The van der Waals surface area contributed by atoms with Gasteiger partial charge in [0.2, 0.25) is 0 Å². The predicted octanol–water partition coefficient (Wildman–Crippen LogP) is 3.42. The summed E-state index contributed by atoms with van der Waals surface area (Å²) in [6, 6.07) is 16.1. The second-order valence-corrected chi connectivity index (χ2v) is 6.23. The lowest BCUT2D eigenvalue weighted by Gasteiger charge is -2.16. The van der Waals surface area contributed by atoms with Crippen LogP contribution in [0.3, 0.4) is 0 Å². The molecule has 0 N–H and O–H groups in total. The van der Waals surface area contributed by atoms with Gasteiger partial charge < -0.3 is 4.90 Å². The Kier molecular flexibility index (Phi) is 5.41. The van der Waals surface area contributed by atoms with E-state index in [2.05, 4.69) is 22.4 Å². The Bertz CT molecular complexity index is 875. The lowest BCUT2D eigenvalue weighted by Crippen LogP contribution is -2.29. The summed E-state index contributed by atoms with van der Waals surface area (Å²) >= 11 is 0. The summed E-state index contributed by atoms with van der Waals surface area (Å²) in [4.78, 5) is 14.3. The molecule has 0 atom stereocenters. The molecule has 0 fully saturated rings. The van der Waals surface area contributed by atoms with Gasteiger partial charge in [0.15, 0.2) is 5.69 Å². The van der Waals surface area contributed by atoms with E-state index in [1.165, 1.54) is 17.7 Å². The van der Waals surface area contributed by atoms with Crippen LogP contribution in [0.4, 0.5) is 4.39 Å². The minimum Gasteiger partial charge on any atom is -0.340 e. The van der Waals surface area contributed by atoms with Gasteiger partial charge in [0.05, 0.1) is 11.4 Å². The van der Waals surface area contributed by atoms with Crippen molar-refractivity contribution in [2.45, 2.75) is 19.8 Å². The van der Waals surface area contributed by atoms with E-state index < -0.39 is 0 Å². The topological polar surface area (TPSA) is 51.0 Å². The molecular formula is C20H21FN4O. The minimum atomic E-state index is -0.319. The molecule has 134 valence electrons. The summed E-state index contributed by atoms with van der Waals surface area (Å²) in [6.45, 7) is 2.42. The third-order valence-electron chi connectivity index (χ3n) is 4.32. The molecule has 1 aromatic heterocycles. The first-order chi connectivity index (χ1) is 12.6. The van der Waals surface area contributed by atoms with Gasteiger partial charge in [-0.05, 0) is 49.6 Å². The summed E-state index contributed by atoms with van der Waals surface area (Å²) < 4.78 is 14.6. The van der Waals surface area contributed by atoms with E-state index in [1.54, 1.807) is 35.7 Å². The van der Waals surface area contributed by atoms with Crippen LogP contribution in [0.1, 0.15) is 28.2 Å². The molecule has 1 heterocycles. The molecule has 1 amide bonds. The van der Waals surface area contributed by atoms with Gasteiger partial charge in [-0.15, -0.1) is 5.10 Å². The van der Waals surface area contributed by atoms with Crippen LogP contribution < -0.4 is 0 Å². The number of rotatable bonds is 6. The molecular weight excluding hydrogens is 331 g/mol. The van der Waals surface area contributed by atoms with Gasteiger partial charge in [-0.25, -0.2) is 9.07 Å². The third-order valence-corrected chi connectivity index (χ3v) is 4.32. The Morgan fingerprint density at radius 2 is 1.81 bits per heavy atom. The Morgan fingerprint density at radius 3 is 2.50 bits per heavy atom. The van der Waals surface area contributed by atoms with Crippen molar-refractivity contribution in [2.24, 2.45) is 0 Å². The number of hydrogen-bond donors (Lipinski definition) is 0. The molecule has 0 aliphatic carbocycles. The highest BCUT2D eigenvalue weighted by atomic mass is 19.1. The summed E-state index contributed by atoms with van der Waals surface area (Å²) in [6.07, 6.45) is 1.79. The van der Waals surface area contributed by atoms with Crippen LogP contribution in [0, 0.1) is 12.7 Å². The van der Waals surface area contributed by atoms with Gasteiger partial charge in [0.1, 0.15) is 5.82 Å². The maximum atomic E-state index is 13.1. The number of benzene rings is 2. The van der Waals surface area contributed by atoms with Crippen molar-refractivity contribution in [1.82, 2.24) is 19.9 Å². The molecule has 2 aromatic carbocycles. The first kappa shape index (κ1) is 17.8. The number of amides is 1. The standard InChI is InChI=1S/C20H21FN4O/c1-15-19(22-23-25(15)18-12-10-17(21)11-13-18)20(26)24(2)14-6-9-16-7-4-3-5-8-16/h3-5,7-8,10-13H,6,9,14H2,1-2H3. The van der Waals surface area contributed by atoms with Gasteiger partial charge in [0, 0.05) is 13.6 Å². The van der Waals surface area contributed by atoms with Crippen LogP contribution in [-0.4, -0.2) is 39.4 Å². The van der Waals surface area contributed by atoms with Crippen molar-refractivity contribution < 1.29 is 9.18 Å². The van der Waals surface area contributed by atoms with E-state index in [1.807, 2.05) is 18.2 Å². The van der Waals surface area contributed by atoms with E-state index >= 15 is 0 Å². The normalized spacial score (nSPS) is 10.7. The van der Waals surface area contributed by atoms with Crippen molar-refractivity contribution in [3.63, 3.8) is 0 Å². The SMILES string of the molecule is Cc1c(C(=O)N(C)CCCc2ccccc2)nnn1-c1ccc(F)cc1. The number of hydrogen-bond acceptors (Lipinski definition) is 3. The van der Waals surface area contributed by atoms with Crippen molar-refractivity contribution >= 4 is 5.91 Å². The van der Waals surface area contributed by atoms with E-state index in [9.17, 15) is 9.18 Å². The molecule has 0 saturated heterocycles. The quantitative estimate of drug-likeness (QED) is 0.683. The Labute approximate surface area is 152 Å². The molecule has 0 spiro atoms. The van der Waals surface area contributed by atoms with Crippen molar-refractivity contribution in [3.8, 4) is 5.69 Å². The van der Waals surface area contributed by atoms with Crippen LogP contribution >= 0.6 is 0 Å². The predicted molar refractivity (Wildman–Crippen MR) is 97.8 cm³/mol. The lowest BCUT2D eigenvalue weighted by molar-refractivity contribution is 0.0787. The van der Waals surface area contributed by atoms with E-state index in [0.717, 1.165) is 12.8 Å². The molecule has 3 aromatic rings. The Morgan fingerprint density at radius 1 is 1.12 bits per heavy atom. The molecule has 0 aliphatic heterocycles. The monoisotopic (exact) mass is 352 g/mol. The fraction of sp³-hybridized carbons (Fsp3) is 0.250. The highest BCUT2D eigenvalue weighted by molar-refractivity contribution is 5.93. The summed E-state index contributed by atoms with van der Waals surface area (Å²) in [7, 11) is 1.77. The highest BCUT2D eigenvalue weighted by Crippen LogP contribution is 2.14. The Hall–Kier alpha value is -3.02. The zero-order chi connectivity index (χ0) is 18.5. The van der Waals surface area contributed by atoms with Gasteiger partial charge in [-0.2, -0.15) is 0 Å². The van der Waals surface area contributed by atoms with E-state index in [4.69, 9.17) is 0 Å². The maximum absolute atomic E-state index is 13.1. The molecule has 0 aliphatic rings. The second-order valence-electron chi connectivity index (χ2n) is 6.23. The first-order valence-corrected chi connectivity index (χ1v) is 8.54. The van der Waals surface area contributed by atoms with E-state index in [0.29, 0.717) is 23.6 Å². The van der Waals surface area contributed by atoms with E-state index in [-0.39, 0.29) is 11.7 Å². The molecule has 0 saturated carbocycles. The fourth-order valence-corrected chi connectivity index (χ4v) is 2.80. The van der Waals surface area contributed by atoms with Crippen LogP contribution in [0.5, 0.6) is 0 Å². The summed E-state index contributed by atoms with van der Waals surface area (Å²) in [5.74, 6) is -0.482. The Balaban J connectivity index is 1.65. The second kappa shape index (κ2) is 7.91. The summed E-state index contributed by atoms with van der Waals surface area (Å²) in [5.41, 5.74) is 2.88. The molecule has 26 heavy (non-hydrogen) atoms. The minimum absolute atomic E-state index is 0.163. The van der Waals surface area contributed by atoms with Gasteiger partial charge in [0.25, 0.3) is 5.91 Å². The van der Waals surface area contributed by atoms with Crippen molar-refractivity contribution in [2.75, 3.05) is 13.6 Å². The van der Waals surface area contributed by atoms with Crippen LogP contribution in [0.2, 0.25) is 0 Å². The molecule has 0 bridgehead atoms. The number of carbonyl (C=O) groups excluding carboxylic acids is 1. The third kappa shape index (κ3) is 3.96. The largest absolute Gasteiger partial charge is 0.340 e. The van der Waals surface area contributed by atoms with Crippen LogP contribution in [-0.2, 0) is 6.42 Å². The number of nitrogens with zero attached hydrogens (tertiary/aromatic N) is 4. The molecule has 6 heteroatoms. The average Bonchev–Trinajstić information content (AvgIpc) is 3.04. The first-order valence-electron chi connectivity index (χ1n) is 8.54. The van der Waals surface area contributed by atoms with Gasteiger partial charge in [-0.3, -0.25) is 4.79 Å². The lowest BCUT2D eigenvalue weighted by atomic mass is 10.1. The molecule has 5 nitrogen and oxygen atoms in total. The summed E-state index contributed by atoms with van der Waals surface area (Å²) in [5, 5.41) is 8.07. The van der Waals surface area contributed by atoms with Gasteiger partial charge >= 0.3 is 0 Å². The number of aromatic nitrogens is 3. The molecule has 0 unspecified atom stereocenters. The highest BCUT2D eigenvalue weighted by Gasteiger charge is 2.20. The van der Waals surface area contributed by atoms with Crippen LogP contribution in [0.15, 0.2) is 54.6 Å². The zero-order valence-corrected chi connectivity index (χ0v) is 14.9. The van der Waals surface area contributed by atoms with Gasteiger partial charge in [-0.1, -0.05) is 35.5 Å². The fourth-order valence-electron chi connectivity index (χ4n) is 2.80. The van der Waals surface area contributed by atoms with Crippen molar-refractivity contribution in [1.29, 1.82) is 0 Å². The number of aryl methyl sites for hydroxylation is 1. The van der Waals surface area contributed by atoms with Crippen LogP contribution in [0.25, 0.3) is 5.69 Å². The van der Waals surface area contributed by atoms with Crippen molar-refractivity contribution in [3.05, 3.63) is 77.4 Å². The average molecular weight is 352 g/mol. The number of halogens is 1. The maximum Gasteiger partial charge on any atom is 0.276 e. The smallest absolute Gasteiger partial charge is 0.276 e. The molecule has 3 rings (SSSR count).